The van der Waals surface area contributed by atoms with Gasteiger partial charge in [-0.25, -0.2) is 15.0 Å². The van der Waals surface area contributed by atoms with Crippen LogP contribution in [0.4, 0.5) is 11.6 Å². The lowest BCUT2D eigenvalue weighted by molar-refractivity contribution is 0.959. The molecule has 2 N–H and O–H groups in total. The second kappa shape index (κ2) is 6.81. The minimum absolute atomic E-state index is 0.668. The predicted octanol–water partition coefficient (Wildman–Crippen LogP) is 3.44. The maximum absolute atomic E-state index is 4.41. The van der Waals surface area contributed by atoms with Crippen LogP contribution in [0.2, 0.25) is 0 Å². The highest BCUT2D eigenvalue weighted by Crippen LogP contribution is 2.27. The maximum atomic E-state index is 4.41. The molecular weight excluding hydrogens is 326 g/mol. The largest absolute Gasteiger partial charge is 0.369 e. The lowest BCUT2D eigenvalue weighted by atomic mass is 10.4. The first-order chi connectivity index (χ1) is 9.20. The van der Waals surface area contributed by atoms with Gasteiger partial charge in [-0.3, -0.25) is 0 Å². The highest BCUT2D eigenvalue weighted by atomic mass is 79.9. The number of nitrogens with one attached hydrogen (secondary N) is 2. The number of aryl methyl sites for hydroxylation is 1. The Morgan fingerprint density at radius 1 is 1.26 bits per heavy atom. The summed E-state index contributed by atoms with van der Waals surface area (Å²) in [6.07, 6.45) is 2.61. The summed E-state index contributed by atoms with van der Waals surface area (Å²) in [6, 6.07) is 0. The maximum Gasteiger partial charge on any atom is 0.146 e. The number of thiazole rings is 1. The van der Waals surface area contributed by atoms with E-state index in [4.69, 9.17) is 0 Å². The van der Waals surface area contributed by atoms with Crippen LogP contribution in [0.3, 0.4) is 0 Å². The van der Waals surface area contributed by atoms with Crippen LogP contribution in [-0.2, 0) is 6.54 Å². The molecule has 0 fully saturated rings. The van der Waals surface area contributed by atoms with Crippen LogP contribution in [0.1, 0.15) is 24.0 Å². The first-order valence-electron chi connectivity index (χ1n) is 6.10. The van der Waals surface area contributed by atoms with E-state index >= 15 is 0 Å². The van der Waals surface area contributed by atoms with E-state index in [-0.39, 0.29) is 0 Å². The Balaban J connectivity index is 2.03. The average Bonchev–Trinajstić information content (AvgIpc) is 2.82. The molecule has 2 heterocycles. The summed E-state index contributed by atoms with van der Waals surface area (Å²) >= 11 is 5.17. The van der Waals surface area contributed by atoms with Gasteiger partial charge in [-0.1, -0.05) is 6.92 Å². The van der Waals surface area contributed by atoms with E-state index < -0.39 is 0 Å². The highest BCUT2D eigenvalue weighted by Gasteiger charge is 2.08. The van der Waals surface area contributed by atoms with Gasteiger partial charge in [-0.05, 0) is 29.3 Å². The Kier molecular flexibility index (Phi) is 5.09. The fraction of sp³-hybridized carbons (Fsp3) is 0.417. The van der Waals surface area contributed by atoms with Crippen LogP contribution in [-0.4, -0.2) is 21.5 Å². The Hall–Kier alpha value is -1.21. The molecule has 0 unspecified atom stereocenters. The first-order valence-corrected chi connectivity index (χ1v) is 7.77. The molecule has 2 rings (SSSR count). The van der Waals surface area contributed by atoms with Crippen LogP contribution in [0.15, 0.2) is 16.2 Å². The van der Waals surface area contributed by atoms with E-state index in [1.54, 1.807) is 17.7 Å². The molecule has 0 saturated carbocycles. The number of nitrogens with zero attached hydrogens (tertiary/aromatic N) is 3. The monoisotopic (exact) mass is 341 g/mol. The SMILES string of the molecule is CCCNc1ncnc(NCc2nc(C)cs2)c1Br. The molecule has 19 heavy (non-hydrogen) atoms. The Morgan fingerprint density at radius 3 is 2.63 bits per heavy atom. The summed E-state index contributed by atoms with van der Waals surface area (Å²) in [7, 11) is 0. The van der Waals surface area contributed by atoms with Crippen molar-refractivity contribution in [3.63, 3.8) is 0 Å². The molecule has 0 aromatic carbocycles. The van der Waals surface area contributed by atoms with Gasteiger partial charge < -0.3 is 10.6 Å². The predicted molar refractivity (Wildman–Crippen MR) is 82.7 cm³/mol. The van der Waals surface area contributed by atoms with Crippen LogP contribution < -0.4 is 10.6 Å². The van der Waals surface area contributed by atoms with E-state index in [0.29, 0.717) is 6.54 Å². The zero-order valence-electron chi connectivity index (χ0n) is 10.9. The standard InChI is InChI=1S/C12H16BrN5S/c1-3-4-14-11-10(13)12(17-7-16-11)15-5-9-18-8(2)6-19-9/h6-7H,3-5H2,1-2H3,(H2,14,15,16,17). The summed E-state index contributed by atoms with van der Waals surface area (Å²) in [5.41, 5.74) is 1.05. The van der Waals surface area contributed by atoms with Crippen LogP contribution in [0.5, 0.6) is 0 Å². The number of halogens is 1. The van der Waals surface area contributed by atoms with Crippen LogP contribution >= 0.6 is 27.3 Å². The topological polar surface area (TPSA) is 62.7 Å². The molecule has 2 aromatic heterocycles. The smallest absolute Gasteiger partial charge is 0.146 e. The first kappa shape index (κ1) is 14.2. The van der Waals surface area contributed by atoms with Gasteiger partial charge in [0.05, 0.1) is 6.54 Å². The second-order valence-corrected chi connectivity index (χ2v) is 5.78. The van der Waals surface area contributed by atoms with Crippen molar-refractivity contribution in [1.82, 2.24) is 15.0 Å². The molecular formula is C12H16BrN5S. The second-order valence-electron chi connectivity index (χ2n) is 4.05. The lowest BCUT2D eigenvalue weighted by Gasteiger charge is -2.10. The zero-order valence-corrected chi connectivity index (χ0v) is 13.3. The molecule has 0 radical (unpaired) electrons. The molecule has 0 aliphatic rings. The zero-order chi connectivity index (χ0) is 13.7. The van der Waals surface area contributed by atoms with Crippen molar-refractivity contribution in [2.45, 2.75) is 26.8 Å². The van der Waals surface area contributed by atoms with Gasteiger partial charge in [0, 0.05) is 17.6 Å². The summed E-state index contributed by atoms with van der Waals surface area (Å²) < 4.78 is 0.858. The van der Waals surface area contributed by atoms with E-state index in [0.717, 1.165) is 39.8 Å². The van der Waals surface area contributed by atoms with E-state index in [1.807, 2.05) is 12.3 Å². The van der Waals surface area contributed by atoms with Crippen molar-refractivity contribution in [3.8, 4) is 0 Å². The molecule has 0 aliphatic carbocycles. The molecule has 0 bridgehead atoms. The molecule has 0 aliphatic heterocycles. The van der Waals surface area contributed by atoms with Gasteiger partial charge in [0.15, 0.2) is 0 Å². The number of aromatic nitrogens is 3. The van der Waals surface area contributed by atoms with E-state index in [9.17, 15) is 0 Å². The van der Waals surface area contributed by atoms with Crippen LogP contribution in [0.25, 0.3) is 0 Å². The number of hydrogen-bond donors (Lipinski definition) is 2. The average molecular weight is 342 g/mol. The van der Waals surface area contributed by atoms with Gasteiger partial charge in [0.25, 0.3) is 0 Å². The molecule has 5 nitrogen and oxygen atoms in total. The molecule has 102 valence electrons. The fourth-order valence-electron chi connectivity index (χ4n) is 1.50. The van der Waals surface area contributed by atoms with Crippen molar-refractivity contribution >= 4 is 38.9 Å². The van der Waals surface area contributed by atoms with Crippen molar-refractivity contribution in [2.24, 2.45) is 0 Å². The summed E-state index contributed by atoms with van der Waals surface area (Å²) in [5, 5.41) is 9.61. The van der Waals surface area contributed by atoms with Crippen molar-refractivity contribution in [2.75, 3.05) is 17.2 Å². The quantitative estimate of drug-likeness (QED) is 0.842. The molecule has 7 heteroatoms. The third-order valence-corrected chi connectivity index (χ3v) is 4.12. The minimum atomic E-state index is 0.668. The molecule has 2 aromatic rings. The van der Waals surface area contributed by atoms with Crippen molar-refractivity contribution < 1.29 is 0 Å². The summed E-state index contributed by atoms with van der Waals surface area (Å²) in [5.74, 6) is 1.59. The van der Waals surface area contributed by atoms with E-state index in [1.165, 1.54) is 0 Å². The van der Waals surface area contributed by atoms with Gasteiger partial charge in [-0.15, -0.1) is 11.3 Å². The fourth-order valence-corrected chi connectivity index (χ4v) is 2.70. The lowest BCUT2D eigenvalue weighted by Crippen LogP contribution is -2.07. The van der Waals surface area contributed by atoms with Crippen LogP contribution in [0, 0.1) is 6.92 Å². The minimum Gasteiger partial charge on any atom is -0.369 e. The highest BCUT2D eigenvalue weighted by molar-refractivity contribution is 9.10. The number of anilines is 2. The van der Waals surface area contributed by atoms with Gasteiger partial charge in [-0.2, -0.15) is 0 Å². The van der Waals surface area contributed by atoms with E-state index in [2.05, 4.69) is 48.4 Å². The molecule has 0 spiro atoms. The van der Waals surface area contributed by atoms with Gasteiger partial charge in [0.1, 0.15) is 27.4 Å². The van der Waals surface area contributed by atoms with Crippen molar-refractivity contribution in [1.29, 1.82) is 0 Å². The Bertz CT molecular complexity index is 543. The Labute approximate surface area is 125 Å². The summed E-state index contributed by atoms with van der Waals surface area (Å²) in [6.45, 7) is 5.67. The third-order valence-electron chi connectivity index (χ3n) is 2.41. The molecule has 0 amide bonds. The Morgan fingerprint density at radius 2 is 2.00 bits per heavy atom. The normalized spacial score (nSPS) is 10.5. The van der Waals surface area contributed by atoms with Gasteiger partial charge in [0.2, 0.25) is 0 Å². The van der Waals surface area contributed by atoms with Crippen molar-refractivity contribution in [3.05, 3.63) is 26.9 Å². The van der Waals surface area contributed by atoms with Gasteiger partial charge >= 0.3 is 0 Å². The molecule has 0 saturated heterocycles. The summed E-state index contributed by atoms with van der Waals surface area (Å²) in [4.78, 5) is 12.9. The number of hydrogen-bond acceptors (Lipinski definition) is 6. The molecule has 0 atom stereocenters. The number of rotatable bonds is 6. The third kappa shape index (κ3) is 3.87.